The van der Waals surface area contributed by atoms with Crippen molar-refractivity contribution < 1.29 is 4.79 Å². The summed E-state index contributed by atoms with van der Waals surface area (Å²) < 4.78 is 0. The molecule has 1 heteroatoms. The fourth-order valence-electron chi connectivity index (χ4n) is 1.04. The predicted molar refractivity (Wildman–Crippen MR) is 53.1 cm³/mol. The molecular weight excluding hydrogens is 148 g/mol. The number of unbranched alkanes of at least 4 members (excludes halogenated alkanes) is 5. The Morgan fingerprint density at radius 2 is 1.67 bits per heavy atom. The van der Waals surface area contributed by atoms with Crippen molar-refractivity contribution in [3.8, 4) is 0 Å². The van der Waals surface area contributed by atoms with Crippen molar-refractivity contribution in [3.05, 3.63) is 24.8 Å². The van der Waals surface area contributed by atoms with Crippen molar-refractivity contribution >= 4 is 6.29 Å². The minimum Gasteiger partial charge on any atom is -0.303 e. The van der Waals surface area contributed by atoms with Gasteiger partial charge in [-0.25, -0.2) is 0 Å². The van der Waals surface area contributed by atoms with E-state index in [1.165, 1.54) is 19.3 Å². The van der Waals surface area contributed by atoms with E-state index < -0.39 is 0 Å². The summed E-state index contributed by atoms with van der Waals surface area (Å²) in [5, 5.41) is 0. The molecule has 0 spiro atoms. The van der Waals surface area contributed by atoms with Gasteiger partial charge in [-0.15, -0.1) is 0 Å². The molecule has 0 heterocycles. The summed E-state index contributed by atoms with van der Waals surface area (Å²) >= 11 is 0. The zero-order valence-corrected chi connectivity index (χ0v) is 7.67. The first kappa shape index (κ1) is 11.2. The maximum absolute atomic E-state index is 9.96. The molecule has 68 valence electrons. The lowest BCUT2D eigenvalue weighted by Gasteiger charge is -1.94. The fraction of sp³-hybridized carbons (Fsp3) is 0.545. The highest BCUT2D eigenvalue weighted by atomic mass is 16.1. The third kappa shape index (κ3) is 9.15. The van der Waals surface area contributed by atoms with Crippen LogP contribution < -0.4 is 0 Å². The minimum absolute atomic E-state index is 0.725. The number of allylic oxidation sites excluding steroid dienone is 3. The number of hydrogen-bond acceptors (Lipinski definition) is 1. The van der Waals surface area contributed by atoms with Crippen LogP contribution >= 0.6 is 0 Å². The SMILES string of the molecule is C=CC=CCCCCCCC=O. The van der Waals surface area contributed by atoms with Gasteiger partial charge >= 0.3 is 0 Å². The summed E-state index contributed by atoms with van der Waals surface area (Å²) in [7, 11) is 0. The fourth-order valence-corrected chi connectivity index (χ4v) is 1.04. The number of aldehydes is 1. The Labute approximate surface area is 75.2 Å². The highest BCUT2D eigenvalue weighted by Crippen LogP contribution is 2.04. The Morgan fingerprint density at radius 1 is 1.00 bits per heavy atom. The van der Waals surface area contributed by atoms with Gasteiger partial charge in [-0.05, 0) is 19.3 Å². The van der Waals surface area contributed by atoms with Gasteiger partial charge in [0, 0.05) is 6.42 Å². The Hall–Kier alpha value is -0.850. The van der Waals surface area contributed by atoms with E-state index >= 15 is 0 Å². The van der Waals surface area contributed by atoms with Crippen LogP contribution in [-0.4, -0.2) is 6.29 Å². The van der Waals surface area contributed by atoms with E-state index in [0.717, 1.165) is 25.5 Å². The van der Waals surface area contributed by atoms with Crippen molar-refractivity contribution in [2.45, 2.75) is 38.5 Å². The van der Waals surface area contributed by atoms with Crippen molar-refractivity contribution in [1.29, 1.82) is 0 Å². The first-order valence-electron chi connectivity index (χ1n) is 4.63. The van der Waals surface area contributed by atoms with Crippen molar-refractivity contribution in [3.63, 3.8) is 0 Å². The summed E-state index contributed by atoms with van der Waals surface area (Å²) in [6, 6.07) is 0. The Kier molecular flexibility index (Phi) is 9.43. The van der Waals surface area contributed by atoms with Crippen LogP contribution in [0.25, 0.3) is 0 Å². The summed E-state index contributed by atoms with van der Waals surface area (Å²) in [5.41, 5.74) is 0. The van der Waals surface area contributed by atoms with Crippen LogP contribution in [0.2, 0.25) is 0 Å². The number of carbonyl (C=O) groups is 1. The molecule has 0 aromatic heterocycles. The van der Waals surface area contributed by atoms with Gasteiger partial charge in [0.2, 0.25) is 0 Å². The molecule has 0 atom stereocenters. The lowest BCUT2D eigenvalue weighted by atomic mass is 10.1. The average molecular weight is 166 g/mol. The van der Waals surface area contributed by atoms with Gasteiger partial charge in [0.25, 0.3) is 0 Å². The van der Waals surface area contributed by atoms with E-state index in [2.05, 4.69) is 12.7 Å². The smallest absolute Gasteiger partial charge is 0.119 e. The summed E-state index contributed by atoms with van der Waals surface area (Å²) in [4.78, 5) is 9.96. The van der Waals surface area contributed by atoms with Crippen LogP contribution in [0.1, 0.15) is 38.5 Å². The zero-order chi connectivity index (χ0) is 9.07. The summed E-state index contributed by atoms with van der Waals surface area (Å²) in [5.74, 6) is 0. The van der Waals surface area contributed by atoms with Crippen LogP contribution in [0.5, 0.6) is 0 Å². The van der Waals surface area contributed by atoms with E-state index in [1.54, 1.807) is 6.08 Å². The number of carbonyl (C=O) groups excluding carboxylic acids is 1. The third-order valence-corrected chi connectivity index (χ3v) is 1.71. The second-order valence-electron chi connectivity index (χ2n) is 2.82. The minimum atomic E-state index is 0.725. The monoisotopic (exact) mass is 166 g/mol. The standard InChI is InChI=1S/C11H18O/c1-2-3-4-5-6-7-8-9-10-11-12/h2-4,11H,1,5-10H2. The molecule has 0 amide bonds. The molecule has 0 unspecified atom stereocenters. The van der Waals surface area contributed by atoms with Crippen LogP contribution in [0.4, 0.5) is 0 Å². The second kappa shape index (κ2) is 10.2. The zero-order valence-electron chi connectivity index (χ0n) is 7.67. The van der Waals surface area contributed by atoms with E-state index in [0.29, 0.717) is 0 Å². The first-order chi connectivity index (χ1) is 5.91. The molecule has 0 saturated heterocycles. The van der Waals surface area contributed by atoms with Crippen LogP contribution in [0.15, 0.2) is 24.8 Å². The Bertz CT molecular complexity index is 136. The molecule has 0 aliphatic carbocycles. The molecule has 0 N–H and O–H groups in total. The van der Waals surface area contributed by atoms with Gasteiger partial charge < -0.3 is 4.79 Å². The molecule has 0 rings (SSSR count). The molecule has 0 fully saturated rings. The van der Waals surface area contributed by atoms with Crippen LogP contribution in [-0.2, 0) is 4.79 Å². The van der Waals surface area contributed by atoms with Gasteiger partial charge in [-0.1, -0.05) is 37.6 Å². The number of rotatable bonds is 8. The maximum atomic E-state index is 9.96. The molecular formula is C11H18O. The number of hydrogen-bond donors (Lipinski definition) is 0. The van der Waals surface area contributed by atoms with E-state index in [-0.39, 0.29) is 0 Å². The Balaban J connectivity index is 2.95. The lowest BCUT2D eigenvalue weighted by Crippen LogP contribution is -1.78. The quantitative estimate of drug-likeness (QED) is 0.307. The second-order valence-corrected chi connectivity index (χ2v) is 2.82. The molecule has 0 aromatic rings. The largest absolute Gasteiger partial charge is 0.303 e. The predicted octanol–water partition coefficient (Wildman–Crippen LogP) is 3.27. The summed E-state index contributed by atoms with van der Waals surface area (Å²) in [6.45, 7) is 3.59. The third-order valence-electron chi connectivity index (χ3n) is 1.71. The molecule has 0 bridgehead atoms. The molecule has 0 radical (unpaired) electrons. The van der Waals surface area contributed by atoms with Crippen molar-refractivity contribution in [1.82, 2.24) is 0 Å². The van der Waals surface area contributed by atoms with E-state index in [1.807, 2.05) is 6.08 Å². The highest BCUT2D eigenvalue weighted by Gasteiger charge is 1.87. The average Bonchev–Trinajstić information content (AvgIpc) is 2.10. The molecule has 0 aliphatic heterocycles. The van der Waals surface area contributed by atoms with E-state index in [9.17, 15) is 4.79 Å². The highest BCUT2D eigenvalue weighted by molar-refractivity contribution is 5.48. The normalized spacial score (nSPS) is 10.3. The topological polar surface area (TPSA) is 17.1 Å². The first-order valence-corrected chi connectivity index (χ1v) is 4.63. The maximum Gasteiger partial charge on any atom is 0.119 e. The molecule has 0 aromatic carbocycles. The van der Waals surface area contributed by atoms with Crippen LogP contribution in [0, 0.1) is 0 Å². The van der Waals surface area contributed by atoms with E-state index in [4.69, 9.17) is 0 Å². The Morgan fingerprint density at radius 3 is 2.25 bits per heavy atom. The molecule has 0 saturated carbocycles. The van der Waals surface area contributed by atoms with Crippen LogP contribution in [0.3, 0.4) is 0 Å². The molecule has 1 nitrogen and oxygen atoms in total. The van der Waals surface area contributed by atoms with Gasteiger partial charge in [0.05, 0.1) is 0 Å². The lowest BCUT2D eigenvalue weighted by molar-refractivity contribution is -0.107. The van der Waals surface area contributed by atoms with Gasteiger partial charge in [-0.3, -0.25) is 0 Å². The van der Waals surface area contributed by atoms with Crippen molar-refractivity contribution in [2.24, 2.45) is 0 Å². The van der Waals surface area contributed by atoms with Gasteiger partial charge in [0.1, 0.15) is 6.29 Å². The molecule has 12 heavy (non-hydrogen) atoms. The van der Waals surface area contributed by atoms with Gasteiger partial charge in [0.15, 0.2) is 0 Å². The summed E-state index contributed by atoms with van der Waals surface area (Å²) in [6.07, 6.45) is 13.5. The van der Waals surface area contributed by atoms with Gasteiger partial charge in [-0.2, -0.15) is 0 Å². The molecule has 0 aliphatic rings. The van der Waals surface area contributed by atoms with Crippen molar-refractivity contribution in [2.75, 3.05) is 0 Å².